The maximum atomic E-state index is 5.91. The van der Waals surface area contributed by atoms with E-state index in [-0.39, 0.29) is 5.38 Å². The van der Waals surface area contributed by atoms with Crippen LogP contribution in [0.4, 0.5) is 0 Å². The third-order valence-electron chi connectivity index (χ3n) is 2.73. The van der Waals surface area contributed by atoms with Crippen molar-refractivity contribution in [2.75, 3.05) is 0 Å². The lowest BCUT2D eigenvalue weighted by Crippen LogP contribution is -1.86. The second-order valence-corrected chi connectivity index (χ2v) is 5.11. The molecule has 0 aliphatic heterocycles. The van der Waals surface area contributed by atoms with E-state index >= 15 is 0 Å². The Bertz CT molecular complexity index is 485. The molecule has 0 N–H and O–H groups in total. The second kappa shape index (κ2) is 4.92. The summed E-state index contributed by atoms with van der Waals surface area (Å²) in [5.41, 5.74) is 2.35. The predicted molar refractivity (Wildman–Crippen MR) is 70.3 cm³/mol. The van der Waals surface area contributed by atoms with Gasteiger partial charge in [-0.3, -0.25) is 0 Å². The largest absolute Gasteiger partial charge is 0.439 e. The van der Waals surface area contributed by atoms with Gasteiger partial charge < -0.3 is 4.42 Å². The normalized spacial score (nSPS) is 13.0. The van der Waals surface area contributed by atoms with Gasteiger partial charge in [0.1, 0.15) is 5.38 Å². The van der Waals surface area contributed by atoms with E-state index in [1.54, 1.807) is 6.20 Å². The van der Waals surface area contributed by atoms with Crippen LogP contribution in [-0.2, 0) is 0 Å². The van der Waals surface area contributed by atoms with Gasteiger partial charge in [-0.25, -0.2) is 4.98 Å². The van der Waals surface area contributed by atoms with Crippen molar-refractivity contribution in [1.82, 2.24) is 4.98 Å². The van der Waals surface area contributed by atoms with Gasteiger partial charge in [0.25, 0.3) is 0 Å². The SMILES string of the molecule is CC(C)c1ccc(-c2cnc(C(C)Cl)o2)cc1. The minimum Gasteiger partial charge on any atom is -0.439 e. The van der Waals surface area contributed by atoms with Crippen LogP contribution in [-0.4, -0.2) is 4.98 Å². The first-order valence-corrected chi connectivity index (χ1v) is 6.21. The molecule has 0 saturated carbocycles. The first kappa shape index (κ1) is 12.2. The highest BCUT2D eigenvalue weighted by molar-refractivity contribution is 6.20. The summed E-state index contributed by atoms with van der Waals surface area (Å²) in [5.74, 6) is 1.87. The zero-order valence-corrected chi connectivity index (χ0v) is 11.0. The molecular formula is C14H16ClNO. The van der Waals surface area contributed by atoms with Gasteiger partial charge >= 0.3 is 0 Å². The molecule has 17 heavy (non-hydrogen) atoms. The molecule has 3 heteroatoms. The molecule has 90 valence electrons. The van der Waals surface area contributed by atoms with Gasteiger partial charge in [-0.1, -0.05) is 38.1 Å². The van der Waals surface area contributed by atoms with Gasteiger partial charge in [-0.2, -0.15) is 0 Å². The molecular weight excluding hydrogens is 234 g/mol. The lowest BCUT2D eigenvalue weighted by atomic mass is 10.0. The van der Waals surface area contributed by atoms with Crippen LogP contribution in [0, 0.1) is 0 Å². The van der Waals surface area contributed by atoms with E-state index in [4.69, 9.17) is 16.0 Å². The van der Waals surface area contributed by atoms with Crippen LogP contribution < -0.4 is 0 Å². The van der Waals surface area contributed by atoms with E-state index in [0.717, 1.165) is 11.3 Å². The molecule has 1 heterocycles. The fourth-order valence-electron chi connectivity index (χ4n) is 1.64. The molecule has 0 fully saturated rings. The molecule has 1 aromatic heterocycles. The molecule has 0 saturated heterocycles. The number of halogens is 1. The zero-order chi connectivity index (χ0) is 12.4. The number of nitrogens with zero attached hydrogens (tertiary/aromatic N) is 1. The molecule has 0 amide bonds. The summed E-state index contributed by atoms with van der Waals surface area (Å²) in [6.45, 7) is 6.20. The summed E-state index contributed by atoms with van der Waals surface area (Å²) in [4.78, 5) is 4.15. The van der Waals surface area contributed by atoms with Gasteiger partial charge in [-0.15, -0.1) is 11.6 Å². The van der Waals surface area contributed by atoms with Crippen molar-refractivity contribution < 1.29 is 4.42 Å². The summed E-state index contributed by atoms with van der Waals surface area (Å²) in [6, 6.07) is 8.34. The molecule has 1 unspecified atom stereocenters. The van der Waals surface area contributed by atoms with Crippen LogP contribution in [0.3, 0.4) is 0 Å². The molecule has 0 aliphatic carbocycles. The quantitative estimate of drug-likeness (QED) is 0.733. The summed E-state index contributed by atoms with van der Waals surface area (Å²) in [6.07, 6.45) is 1.72. The van der Waals surface area contributed by atoms with E-state index in [1.807, 2.05) is 6.92 Å². The van der Waals surface area contributed by atoms with E-state index in [0.29, 0.717) is 11.8 Å². The number of benzene rings is 1. The molecule has 2 rings (SSSR count). The predicted octanol–water partition coefficient (Wildman–Crippen LogP) is 4.76. The summed E-state index contributed by atoms with van der Waals surface area (Å²) >= 11 is 5.91. The Labute approximate surface area is 107 Å². The molecule has 0 aliphatic rings. The fraction of sp³-hybridized carbons (Fsp3) is 0.357. The number of aromatic nitrogens is 1. The first-order chi connectivity index (χ1) is 8.08. The van der Waals surface area contributed by atoms with Gasteiger partial charge in [0.05, 0.1) is 6.20 Å². The Hall–Kier alpha value is -1.28. The van der Waals surface area contributed by atoms with Crippen LogP contribution in [0.15, 0.2) is 34.9 Å². The third-order valence-corrected chi connectivity index (χ3v) is 2.91. The van der Waals surface area contributed by atoms with Crippen LogP contribution in [0.1, 0.15) is 43.5 Å². The van der Waals surface area contributed by atoms with Crippen molar-refractivity contribution in [3.8, 4) is 11.3 Å². The molecule has 0 bridgehead atoms. The number of hydrogen-bond donors (Lipinski definition) is 0. The van der Waals surface area contributed by atoms with E-state index < -0.39 is 0 Å². The molecule has 1 atom stereocenters. The van der Waals surface area contributed by atoms with E-state index in [9.17, 15) is 0 Å². The van der Waals surface area contributed by atoms with Gasteiger partial charge in [0.2, 0.25) is 5.89 Å². The van der Waals surface area contributed by atoms with Crippen molar-refractivity contribution in [2.45, 2.75) is 32.1 Å². The van der Waals surface area contributed by atoms with Crippen molar-refractivity contribution in [1.29, 1.82) is 0 Å². The first-order valence-electron chi connectivity index (χ1n) is 5.78. The highest BCUT2D eigenvalue weighted by atomic mass is 35.5. The average molecular weight is 250 g/mol. The Morgan fingerprint density at radius 3 is 2.24 bits per heavy atom. The molecule has 2 nitrogen and oxygen atoms in total. The standard InChI is InChI=1S/C14H16ClNO/c1-9(2)11-4-6-12(7-5-11)13-8-16-14(17-13)10(3)15/h4-10H,1-3H3. The highest BCUT2D eigenvalue weighted by Crippen LogP contribution is 2.26. The summed E-state index contributed by atoms with van der Waals surface area (Å²) in [7, 11) is 0. The lowest BCUT2D eigenvalue weighted by molar-refractivity contribution is 0.508. The maximum Gasteiger partial charge on any atom is 0.212 e. The Balaban J connectivity index is 2.27. The summed E-state index contributed by atoms with van der Waals surface area (Å²) in [5, 5.41) is -0.196. The average Bonchev–Trinajstić information content (AvgIpc) is 2.78. The van der Waals surface area contributed by atoms with Crippen LogP contribution >= 0.6 is 11.6 Å². The number of alkyl halides is 1. The number of oxazole rings is 1. The van der Waals surface area contributed by atoms with Crippen molar-refractivity contribution in [3.05, 3.63) is 41.9 Å². The topological polar surface area (TPSA) is 26.0 Å². The Morgan fingerprint density at radius 1 is 1.12 bits per heavy atom. The second-order valence-electron chi connectivity index (χ2n) is 4.46. The van der Waals surface area contributed by atoms with E-state index in [2.05, 4.69) is 43.1 Å². The summed E-state index contributed by atoms with van der Waals surface area (Å²) < 4.78 is 5.59. The minimum absolute atomic E-state index is 0.196. The van der Waals surface area contributed by atoms with Gasteiger partial charge in [0, 0.05) is 5.56 Å². The van der Waals surface area contributed by atoms with Crippen molar-refractivity contribution >= 4 is 11.6 Å². The maximum absolute atomic E-state index is 5.91. The smallest absolute Gasteiger partial charge is 0.212 e. The highest BCUT2D eigenvalue weighted by Gasteiger charge is 2.10. The molecule has 0 spiro atoms. The van der Waals surface area contributed by atoms with Gasteiger partial charge in [0.15, 0.2) is 5.76 Å². The number of hydrogen-bond acceptors (Lipinski definition) is 2. The van der Waals surface area contributed by atoms with Crippen LogP contribution in [0.5, 0.6) is 0 Å². The lowest BCUT2D eigenvalue weighted by Gasteiger charge is -2.05. The molecule has 2 aromatic rings. The third kappa shape index (κ3) is 2.70. The Kier molecular flexibility index (Phi) is 3.53. The fourth-order valence-corrected chi connectivity index (χ4v) is 1.74. The zero-order valence-electron chi connectivity index (χ0n) is 10.3. The number of rotatable bonds is 3. The van der Waals surface area contributed by atoms with Crippen molar-refractivity contribution in [2.24, 2.45) is 0 Å². The monoisotopic (exact) mass is 249 g/mol. The Morgan fingerprint density at radius 2 is 1.76 bits per heavy atom. The van der Waals surface area contributed by atoms with Crippen LogP contribution in [0.25, 0.3) is 11.3 Å². The minimum atomic E-state index is -0.196. The van der Waals surface area contributed by atoms with Crippen LogP contribution in [0.2, 0.25) is 0 Å². The van der Waals surface area contributed by atoms with Crippen molar-refractivity contribution in [3.63, 3.8) is 0 Å². The molecule has 0 radical (unpaired) electrons. The van der Waals surface area contributed by atoms with Gasteiger partial charge in [-0.05, 0) is 18.4 Å². The van der Waals surface area contributed by atoms with E-state index in [1.165, 1.54) is 5.56 Å². The molecule has 1 aromatic carbocycles.